The van der Waals surface area contributed by atoms with E-state index in [4.69, 9.17) is 0 Å². The van der Waals surface area contributed by atoms with E-state index in [1.165, 1.54) is 11.1 Å². The Morgan fingerprint density at radius 1 is 1.16 bits per heavy atom. The van der Waals surface area contributed by atoms with Crippen molar-refractivity contribution in [2.45, 2.75) is 32.9 Å². The van der Waals surface area contributed by atoms with Gasteiger partial charge in [0.05, 0.1) is 5.69 Å². The lowest BCUT2D eigenvalue weighted by Crippen LogP contribution is -2.22. The molecule has 0 aliphatic rings. The third-order valence-corrected chi connectivity index (χ3v) is 3.92. The largest absolute Gasteiger partial charge is 0.304 e. The minimum Gasteiger partial charge on any atom is -0.304 e. The molecule has 0 saturated heterocycles. The zero-order valence-electron chi connectivity index (χ0n) is 11.8. The maximum absolute atomic E-state index is 4.39. The summed E-state index contributed by atoms with van der Waals surface area (Å²) in [4.78, 5) is 0. The van der Waals surface area contributed by atoms with Crippen molar-refractivity contribution in [3.05, 3.63) is 51.8 Å². The van der Waals surface area contributed by atoms with Crippen LogP contribution in [-0.4, -0.2) is 9.78 Å². The molecule has 4 heteroatoms. The van der Waals surface area contributed by atoms with Crippen LogP contribution in [0.4, 0.5) is 0 Å². The van der Waals surface area contributed by atoms with Gasteiger partial charge in [-0.25, -0.2) is 0 Å². The summed E-state index contributed by atoms with van der Waals surface area (Å²) >= 11 is 3.46. The molecule has 102 valence electrons. The maximum atomic E-state index is 4.39. The Hall–Kier alpha value is -1.13. The zero-order valence-corrected chi connectivity index (χ0v) is 13.4. The third kappa shape index (κ3) is 3.45. The quantitative estimate of drug-likeness (QED) is 0.925. The number of hydrogen-bond donors (Lipinski definition) is 1. The molecule has 0 fully saturated rings. The van der Waals surface area contributed by atoms with Crippen molar-refractivity contribution < 1.29 is 0 Å². The number of rotatable bonds is 4. The second kappa shape index (κ2) is 5.88. The molecule has 0 spiro atoms. The molecular weight excluding hydrogens is 302 g/mol. The van der Waals surface area contributed by atoms with E-state index in [2.05, 4.69) is 77.6 Å². The van der Waals surface area contributed by atoms with Crippen LogP contribution in [0, 0.1) is 6.92 Å². The molecule has 0 radical (unpaired) electrons. The first kappa shape index (κ1) is 14.3. The molecule has 1 N–H and O–H groups in total. The van der Waals surface area contributed by atoms with Gasteiger partial charge in [-0.15, -0.1) is 0 Å². The van der Waals surface area contributed by atoms with Gasteiger partial charge in [0.15, 0.2) is 0 Å². The average molecular weight is 322 g/mol. The highest BCUT2D eigenvalue weighted by Gasteiger charge is 2.14. The van der Waals surface area contributed by atoms with E-state index in [1.54, 1.807) is 0 Å². The van der Waals surface area contributed by atoms with E-state index in [-0.39, 0.29) is 6.04 Å². The van der Waals surface area contributed by atoms with Crippen LogP contribution in [0.25, 0.3) is 0 Å². The molecule has 2 unspecified atom stereocenters. The zero-order chi connectivity index (χ0) is 14.0. The topological polar surface area (TPSA) is 29.9 Å². The fourth-order valence-corrected chi connectivity index (χ4v) is 2.62. The van der Waals surface area contributed by atoms with E-state index in [0.29, 0.717) is 6.04 Å². The Labute approximate surface area is 123 Å². The van der Waals surface area contributed by atoms with Gasteiger partial charge in [0.2, 0.25) is 0 Å². The molecule has 0 aliphatic carbocycles. The lowest BCUT2D eigenvalue weighted by molar-refractivity contribution is 0.493. The first-order chi connectivity index (χ1) is 8.97. The van der Waals surface area contributed by atoms with Crippen LogP contribution in [0.5, 0.6) is 0 Å². The highest BCUT2D eigenvalue weighted by atomic mass is 79.9. The van der Waals surface area contributed by atoms with Crippen molar-refractivity contribution in [2.24, 2.45) is 7.05 Å². The molecule has 2 rings (SSSR count). The molecule has 3 nitrogen and oxygen atoms in total. The van der Waals surface area contributed by atoms with Crippen LogP contribution < -0.4 is 5.32 Å². The van der Waals surface area contributed by atoms with Crippen LogP contribution in [0.1, 0.15) is 42.8 Å². The van der Waals surface area contributed by atoms with Crippen molar-refractivity contribution in [1.82, 2.24) is 15.1 Å². The predicted octanol–water partition coefficient (Wildman–Crippen LogP) is 3.90. The number of halogens is 1. The standard InChI is InChI=1S/C15H20BrN3/c1-10(13-5-7-14(16)8-6-13)17-11(2)15-9-19(4)18-12(15)3/h5-11,17H,1-4H3. The van der Waals surface area contributed by atoms with Gasteiger partial charge >= 0.3 is 0 Å². The van der Waals surface area contributed by atoms with Crippen molar-refractivity contribution in [3.63, 3.8) is 0 Å². The van der Waals surface area contributed by atoms with Crippen molar-refractivity contribution in [1.29, 1.82) is 0 Å². The second-order valence-electron chi connectivity index (χ2n) is 5.01. The van der Waals surface area contributed by atoms with E-state index in [9.17, 15) is 0 Å². The summed E-state index contributed by atoms with van der Waals surface area (Å²) in [6.07, 6.45) is 2.08. The Morgan fingerprint density at radius 2 is 1.79 bits per heavy atom. The monoisotopic (exact) mass is 321 g/mol. The van der Waals surface area contributed by atoms with Gasteiger partial charge in [0.1, 0.15) is 0 Å². The Morgan fingerprint density at radius 3 is 2.32 bits per heavy atom. The minimum atomic E-state index is 0.285. The van der Waals surface area contributed by atoms with Gasteiger partial charge in [-0.3, -0.25) is 4.68 Å². The first-order valence-electron chi connectivity index (χ1n) is 6.49. The number of aryl methyl sites for hydroxylation is 2. The van der Waals surface area contributed by atoms with Crippen molar-refractivity contribution in [2.75, 3.05) is 0 Å². The summed E-state index contributed by atoms with van der Waals surface area (Å²) < 4.78 is 2.98. The maximum Gasteiger partial charge on any atom is 0.0641 e. The molecule has 1 aromatic carbocycles. The highest BCUT2D eigenvalue weighted by molar-refractivity contribution is 9.10. The average Bonchev–Trinajstić information content (AvgIpc) is 2.69. The minimum absolute atomic E-state index is 0.285. The number of nitrogens with one attached hydrogen (secondary N) is 1. The summed E-state index contributed by atoms with van der Waals surface area (Å²) in [7, 11) is 1.96. The molecular formula is C15H20BrN3. The van der Waals surface area contributed by atoms with Crippen molar-refractivity contribution >= 4 is 15.9 Å². The highest BCUT2D eigenvalue weighted by Crippen LogP contribution is 2.22. The fraction of sp³-hybridized carbons (Fsp3) is 0.400. The number of nitrogens with zero attached hydrogens (tertiary/aromatic N) is 2. The van der Waals surface area contributed by atoms with Gasteiger partial charge in [-0.1, -0.05) is 28.1 Å². The smallest absolute Gasteiger partial charge is 0.0641 e. The normalized spacial score (nSPS) is 14.4. The lowest BCUT2D eigenvalue weighted by atomic mass is 10.1. The first-order valence-corrected chi connectivity index (χ1v) is 7.28. The van der Waals surface area contributed by atoms with E-state index < -0.39 is 0 Å². The molecule has 1 heterocycles. The number of benzene rings is 1. The summed E-state index contributed by atoms with van der Waals surface area (Å²) in [5, 5.41) is 8.01. The Bertz CT molecular complexity index is 545. The SMILES string of the molecule is Cc1nn(C)cc1C(C)NC(C)c1ccc(Br)cc1. The van der Waals surface area contributed by atoms with E-state index >= 15 is 0 Å². The summed E-state index contributed by atoms with van der Waals surface area (Å²) in [6.45, 7) is 6.42. The molecule has 0 amide bonds. The fourth-order valence-electron chi connectivity index (χ4n) is 2.36. The lowest BCUT2D eigenvalue weighted by Gasteiger charge is -2.20. The van der Waals surface area contributed by atoms with Crippen LogP contribution in [0.15, 0.2) is 34.9 Å². The molecule has 2 atom stereocenters. The second-order valence-corrected chi connectivity index (χ2v) is 5.92. The Balaban J connectivity index is 2.08. The van der Waals surface area contributed by atoms with Crippen LogP contribution in [0.2, 0.25) is 0 Å². The van der Waals surface area contributed by atoms with E-state index in [0.717, 1.165) is 10.2 Å². The van der Waals surface area contributed by atoms with E-state index in [1.807, 2.05) is 11.7 Å². The van der Waals surface area contributed by atoms with Gasteiger partial charge in [0, 0.05) is 35.4 Å². The molecule has 1 aromatic heterocycles. The van der Waals surface area contributed by atoms with Gasteiger partial charge in [-0.2, -0.15) is 5.10 Å². The van der Waals surface area contributed by atoms with Crippen LogP contribution in [-0.2, 0) is 7.05 Å². The van der Waals surface area contributed by atoms with Gasteiger partial charge in [0.25, 0.3) is 0 Å². The number of hydrogen-bond acceptors (Lipinski definition) is 2. The van der Waals surface area contributed by atoms with Gasteiger partial charge in [-0.05, 0) is 38.5 Å². The Kier molecular flexibility index (Phi) is 4.42. The molecule has 0 aliphatic heterocycles. The molecule has 2 aromatic rings. The van der Waals surface area contributed by atoms with Crippen LogP contribution >= 0.6 is 15.9 Å². The molecule has 0 saturated carbocycles. The summed E-state index contributed by atoms with van der Waals surface area (Å²) in [5.74, 6) is 0. The number of aromatic nitrogens is 2. The molecule has 0 bridgehead atoms. The predicted molar refractivity (Wildman–Crippen MR) is 82.1 cm³/mol. The summed E-state index contributed by atoms with van der Waals surface area (Å²) in [5.41, 5.74) is 3.63. The third-order valence-electron chi connectivity index (χ3n) is 3.39. The van der Waals surface area contributed by atoms with Crippen molar-refractivity contribution in [3.8, 4) is 0 Å². The molecule has 19 heavy (non-hydrogen) atoms. The van der Waals surface area contributed by atoms with Gasteiger partial charge < -0.3 is 5.32 Å². The summed E-state index contributed by atoms with van der Waals surface area (Å²) in [6, 6.07) is 9.03. The van der Waals surface area contributed by atoms with Crippen LogP contribution in [0.3, 0.4) is 0 Å².